The van der Waals surface area contributed by atoms with Crippen molar-refractivity contribution in [2.24, 2.45) is 0 Å². The van der Waals surface area contributed by atoms with E-state index < -0.39 is 42.5 Å². The summed E-state index contributed by atoms with van der Waals surface area (Å²) in [6.45, 7) is 3.39. The lowest BCUT2D eigenvalue weighted by molar-refractivity contribution is -0.252. The van der Waals surface area contributed by atoms with Crippen LogP contribution in [0.15, 0.2) is 0 Å². The summed E-state index contributed by atoms with van der Waals surface area (Å²) in [5, 5.41) is 9.59. The molecule has 20 heavy (non-hydrogen) atoms. The number of esters is 3. The maximum atomic E-state index is 11.1. The maximum Gasteiger partial charge on any atom is 0.303 e. The Bertz CT molecular complexity index is 380. The third kappa shape index (κ3) is 5.14. The van der Waals surface area contributed by atoms with Crippen LogP contribution in [0.1, 0.15) is 27.2 Å². The SMILES string of the molecule is CC(=O)OC[C@H]1OC(O)C[C@@H](OC(C)=O)[C@H]1OC(C)=O. The minimum Gasteiger partial charge on any atom is -0.463 e. The van der Waals surface area contributed by atoms with Gasteiger partial charge < -0.3 is 24.1 Å². The Balaban J connectivity index is 2.82. The van der Waals surface area contributed by atoms with Gasteiger partial charge in [0.05, 0.1) is 0 Å². The summed E-state index contributed by atoms with van der Waals surface area (Å²) in [5.74, 6) is -1.72. The zero-order chi connectivity index (χ0) is 15.3. The number of carbonyl (C=O) groups excluding carboxylic acids is 3. The highest BCUT2D eigenvalue weighted by atomic mass is 16.7. The first-order valence-electron chi connectivity index (χ1n) is 6.11. The normalized spacial score (nSPS) is 29.4. The van der Waals surface area contributed by atoms with Crippen molar-refractivity contribution in [3.8, 4) is 0 Å². The van der Waals surface area contributed by atoms with Crippen LogP contribution < -0.4 is 0 Å². The predicted molar refractivity (Wildman–Crippen MR) is 63.2 cm³/mol. The van der Waals surface area contributed by atoms with Crippen molar-refractivity contribution in [1.82, 2.24) is 0 Å². The standard InChI is InChI=1S/C12H18O8/c1-6(13)17-5-10-12(19-8(3)15)9(18-7(2)14)4-11(16)20-10/h9-12,16H,4-5H2,1-3H3/t9-,10-,11?,12-/m1/s1. The second-order valence-electron chi connectivity index (χ2n) is 4.39. The minimum absolute atomic E-state index is 0.0336. The molecule has 1 unspecified atom stereocenters. The summed E-state index contributed by atoms with van der Waals surface area (Å²) in [4.78, 5) is 33.0. The van der Waals surface area contributed by atoms with Crippen molar-refractivity contribution in [1.29, 1.82) is 0 Å². The third-order valence-corrected chi connectivity index (χ3v) is 2.57. The van der Waals surface area contributed by atoms with Crippen LogP contribution in [-0.4, -0.2) is 54.2 Å². The molecule has 8 nitrogen and oxygen atoms in total. The summed E-state index contributed by atoms with van der Waals surface area (Å²) < 4.78 is 20.0. The molecule has 0 bridgehead atoms. The van der Waals surface area contributed by atoms with Gasteiger partial charge in [-0.05, 0) is 0 Å². The molecule has 0 aromatic carbocycles. The number of rotatable bonds is 4. The van der Waals surface area contributed by atoms with Gasteiger partial charge in [0.1, 0.15) is 18.8 Å². The molecule has 0 aromatic rings. The van der Waals surface area contributed by atoms with Gasteiger partial charge in [-0.15, -0.1) is 0 Å². The lowest BCUT2D eigenvalue weighted by Crippen LogP contribution is -2.53. The van der Waals surface area contributed by atoms with Crippen molar-refractivity contribution in [2.45, 2.75) is 51.8 Å². The van der Waals surface area contributed by atoms with Crippen LogP contribution in [0.5, 0.6) is 0 Å². The van der Waals surface area contributed by atoms with Crippen molar-refractivity contribution in [3.63, 3.8) is 0 Å². The third-order valence-electron chi connectivity index (χ3n) is 2.57. The average Bonchev–Trinajstić information content (AvgIpc) is 2.28. The average molecular weight is 290 g/mol. The molecule has 8 heteroatoms. The zero-order valence-corrected chi connectivity index (χ0v) is 11.5. The van der Waals surface area contributed by atoms with E-state index in [1.165, 1.54) is 20.8 Å². The molecule has 1 rings (SSSR count). The fourth-order valence-electron chi connectivity index (χ4n) is 1.91. The molecule has 0 aromatic heterocycles. The van der Waals surface area contributed by atoms with E-state index in [2.05, 4.69) is 0 Å². The summed E-state index contributed by atoms with van der Waals surface area (Å²) in [6, 6.07) is 0. The minimum atomic E-state index is -1.20. The van der Waals surface area contributed by atoms with Gasteiger partial charge in [-0.25, -0.2) is 0 Å². The number of aliphatic hydroxyl groups excluding tert-OH is 1. The molecule has 0 saturated carbocycles. The van der Waals surface area contributed by atoms with Crippen LogP contribution in [0.2, 0.25) is 0 Å². The Morgan fingerprint density at radius 2 is 1.70 bits per heavy atom. The highest BCUT2D eigenvalue weighted by molar-refractivity contribution is 5.67. The van der Waals surface area contributed by atoms with E-state index in [0.29, 0.717) is 0 Å². The van der Waals surface area contributed by atoms with Crippen molar-refractivity contribution >= 4 is 17.9 Å². The highest BCUT2D eigenvalue weighted by Crippen LogP contribution is 2.25. The fourth-order valence-corrected chi connectivity index (χ4v) is 1.91. The Kier molecular flexibility index (Phi) is 5.90. The maximum absolute atomic E-state index is 11.1. The molecule has 1 saturated heterocycles. The van der Waals surface area contributed by atoms with Gasteiger partial charge in [0, 0.05) is 27.2 Å². The molecule has 4 atom stereocenters. The number of hydrogen-bond donors (Lipinski definition) is 1. The second-order valence-corrected chi connectivity index (χ2v) is 4.39. The topological polar surface area (TPSA) is 108 Å². The summed E-state index contributed by atoms with van der Waals surface area (Å²) in [7, 11) is 0. The van der Waals surface area contributed by atoms with Crippen LogP contribution in [0.25, 0.3) is 0 Å². The summed E-state index contributed by atoms with van der Waals surface area (Å²) in [6.07, 6.45) is -3.95. The van der Waals surface area contributed by atoms with Crippen molar-refractivity contribution < 1.29 is 38.4 Å². The molecule has 114 valence electrons. The van der Waals surface area contributed by atoms with Gasteiger partial charge in [0.2, 0.25) is 0 Å². The molecule has 0 aliphatic carbocycles. The number of ether oxygens (including phenoxy) is 4. The number of hydrogen-bond acceptors (Lipinski definition) is 8. The van der Waals surface area contributed by atoms with Crippen molar-refractivity contribution in [2.75, 3.05) is 6.61 Å². The largest absolute Gasteiger partial charge is 0.463 e. The van der Waals surface area contributed by atoms with E-state index in [-0.39, 0.29) is 13.0 Å². The summed E-state index contributed by atoms with van der Waals surface area (Å²) >= 11 is 0. The Labute approximate surface area is 115 Å². The van der Waals surface area contributed by atoms with E-state index >= 15 is 0 Å². The molecular formula is C12H18O8. The molecule has 0 spiro atoms. The summed E-state index contributed by atoms with van der Waals surface area (Å²) in [5.41, 5.74) is 0. The van der Waals surface area contributed by atoms with E-state index in [4.69, 9.17) is 18.9 Å². The lowest BCUT2D eigenvalue weighted by atomic mass is 10.0. The van der Waals surface area contributed by atoms with Gasteiger partial charge in [-0.1, -0.05) is 0 Å². The zero-order valence-electron chi connectivity index (χ0n) is 11.5. The molecular weight excluding hydrogens is 272 g/mol. The van der Waals surface area contributed by atoms with E-state index in [1.807, 2.05) is 0 Å². The first kappa shape index (κ1) is 16.4. The van der Waals surface area contributed by atoms with Gasteiger partial charge in [-0.3, -0.25) is 14.4 Å². The predicted octanol–water partition coefficient (Wildman–Crippen LogP) is -0.480. The van der Waals surface area contributed by atoms with Crippen LogP contribution in [0.3, 0.4) is 0 Å². The highest BCUT2D eigenvalue weighted by Gasteiger charge is 2.43. The van der Waals surface area contributed by atoms with Crippen LogP contribution >= 0.6 is 0 Å². The molecule has 1 N–H and O–H groups in total. The van der Waals surface area contributed by atoms with Gasteiger partial charge >= 0.3 is 17.9 Å². The van der Waals surface area contributed by atoms with E-state index in [1.54, 1.807) is 0 Å². The smallest absolute Gasteiger partial charge is 0.303 e. The van der Waals surface area contributed by atoms with E-state index in [0.717, 1.165) is 0 Å². The number of aliphatic hydroxyl groups is 1. The van der Waals surface area contributed by atoms with Crippen LogP contribution in [0, 0.1) is 0 Å². The molecule has 1 aliphatic heterocycles. The van der Waals surface area contributed by atoms with Gasteiger partial charge in [0.25, 0.3) is 0 Å². The second kappa shape index (κ2) is 7.20. The first-order valence-corrected chi connectivity index (χ1v) is 6.11. The molecule has 0 radical (unpaired) electrons. The fraction of sp³-hybridized carbons (Fsp3) is 0.750. The van der Waals surface area contributed by atoms with Gasteiger partial charge in [0.15, 0.2) is 12.4 Å². The van der Waals surface area contributed by atoms with Crippen LogP contribution in [-0.2, 0) is 33.3 Å². The molecule has 0 amide bonds. The molecule has 1 aliphatic rings. The Hall–Kier alpha value is -1.67. The van der Waals surface area contributed by atoms with Crippen LogP contribution in [0.4, 0.5) is 0 Å². The quantitative estimate of drug-likeness (QED) is 0.546. The molecule has 1 fully saturated rings. The number of carbonyl (C=O) groups is 3. The Morgan fingerprint density at radius 1 is 1.10 bits per heavy atom. The van der Waals surface area contributed by atoms with E-state index in [9.17, 15) is 19.5 Å². The van der Waals surface area contributed by atoms with Gasteiger partial charge in [-0.2, -0.15) is 0 Å². The first-order chi connectivity index (χ1) is 9.29. The molecule has 1 heterocycles. The van der Waals surface area contributed by atoms with Crippen molar-refractivity contribution in [3.05, 3.63) is 0 Å². The lowest BCUT2D eigenvalue weighted by Gasteiger charge is -2.38. The Morgan fingerprint density at radius 3 is 2.20 bits per heavy atom. The monoisotopic (exact) mass is 290 g/mol.